The number of ether oxygens (including phenoxy) is 7. The number of carbonyl (C=O) groups excluding carboxylic acids is 1. The summed E-state index contributed by atoms with van der Waals surface area (Å²) >= 11 is 0. The first-order valence-corrected chi connectivity index (χ1v) is 15.0. The van der Waals surface area contributed by atoms with Gasteiger partial charge in [-0.05, 0) is 33.8 Å². The summed E-state index contributed by atoms with van der Waals surface area (Å²) < 4.78 is 55.6. The Balaban J connectivity index is 1.38. The lowest BCUT2D eigenvalue weighted by Crippen LogP contribution is -2.67. The van der Waals surface area contributed by atoms with Crippen LogP contribution in [0.3, 0.4) is 0 Å². The summed E-state index contributed by atoms with van der Waals surface area (Å²) in [5.41, 5.74) is 0. The minimum absolute atomic E-state index is 0.228. The van der Waals surface area contributed by atoms with Gasteiger partial charge in [-0.1, -0.05) is 41.5 Å². The van der Waals surface area contributed by atoms with Gasteiger partial charge in [-0.25, -0.2) is 4.79 Å². The zero-order valence-corrected chi connectivity index (χ0v) is 24.6. The van der Waals surface area contributed by atoms with Crippen LogP contribution in [0.5, 0.6) is 0 Å². The predicted octanol–water partition coefficient (Wildman–Crippen LogP) is 3.67. The second-order valence-electron chi connectivity index (χ2n) is 13.5. The van der Waals surface area contributed by atoms with Crippen molar-refractivity contribution in [2.45, 2.75) is 140 Å². The van der Waals surface area contributed by atoms with Gasteiger partial charge in [-0.2, -0.15) is 0 Å². The molecule has 8 atom stereocenters. The second kappa shape index (κ2) is 8.72. The van der Waals surface area contributed by atoms with Crippen molar-refractivity contribution >= 4 is 14.5 Å². The van der Waals surface area contributed by atoms with Gasteiger partial charge in [0.25, 0.3) is 0 Å². The lowest BCUT2D eigenvalue weighted by Gasteiger charge is -2.55. The Morgan fingerprint density at radius 3 is 2.11 bits per heavy atom. The second-order valence-corrected chi connectivity index (χ2v) is 18.3. The van der Waals surface area contributed by atoms with E-state index in [1.165, 1.54) is 0 Å². The molecule has 5 heterocycles. The molecule has 210 valence electrons. The summed E-state index contributed by atoms with van der Waals surface area (Å²) in [7, 11) is -2.82. The fourth-order valence-electron chi connectivity index (χ4n) is 6.35. The van der Waals surface area contributed by atoms with Gasteiger partial charge in [-0.15, -0.1) is 0 Å². The number of fused-ring (bicyclic) bond motifs is 4. The molecule has 0 N–H and O–H groups in total. The van der Waals surface area contributed by atoms with Crippen molar-refractivity contribution in [2.75, 3.05) is 6.61 Å². The fraction of sp³-hybridized carbons (Fsp3) is 0.885. The van der Waals surface area contributed by atoms with Crippen molar-refractivity contribution in [1.29, 1.82) is 0 Å². The molecular weight excluding hydrogens is 500 g/mol. The Bertz CT molecular complexity index is 921. The maximum Gasteiger partial charge on any atom is 0.349 e. The van der Waals surface area contributed by atoms with E-state index >= 15 is 0 Å². The molecule has 5 rings (SSSR count). The largest absolute Gasteiger partial charge is 0.493 e. The van der Waals surface area contributed by atoms with Crippen LogP contribution in [-0.2, 0) is 46.8 Å². The molecule has 0 saturated carbocycles. The zero-order chi connectivity index (χ0) is 27.2. The third-order valence-electron chi connectivity index (χ3n) is 7.58. The first-order valence-electron chi connectivity index (χ1n) is 13.1. The van der Waals surface area contributed by atoms with E-state index in [-0.39, 0.29) is 10.1 Å². The molecule has 5 aliphatic rings. The highest BCUT2D eigenvalue weighted by atomic mass is 28.4. The molecule has 0 amide bonds. The molecule has 0 unspecified atom stereocenters. The highest BCUT2D eigenvalue weighted by Crippen LogP contribution is 2.55. The zero-order valence-electron chi connectivity index (χ0n) is 23.6. The van der Waals surface area contributed by atoms with Crippen LogP contribution in [0.2, 0.25) is 10.1 Å². The highest BCUT2D eigenvalue weighted by molar-refractivity contribution is 6.73. The van der Waals surface area contributed by atoms with E-state index in [0.717, 1.165) is 0 Å². The van der Waals surface area contributed by atoms with Crippen LogP contribution in [0.4, 0.5) is 0 Å². The fourth-order valence-corrected chi connectivity index (χ4v) is 11.3. The molecule has 0 spiro atoms. The third kappa shape index (κ3) is 4.69. The van der Waals surface area contributed by atoms with E-state index < -0.39 is 75.1 Å². The van der Waals surface area contributed by atoms with Gasteiger partial charge >= 0.3 is 14.5 Å². The quantitative estimate of drug-likeness (QED) is 0.380. The Hall–Kier alpha value is -1.05. The molecule has 0 aromatic heterocycles. The van der Waals surface area contributed by atoms with E-state index in [1.807, 2.05) is 0 Å². The van der Waals surface area contributed by atoms with Crippen molar-refractivity contribution in [3.8, 4) is 0 Å². The topological polar surface area (TPSA) is 100 Å². The normalized spacial score (nSPS) is 41.8. The smallest absolute Gasteiger partial charge is 0.349 e. The third-order valence-corrected chi connectivity index (χ3v) is 12.7. The molecule has 0 bridgehead atoms. The summed E-state index contributed by atoms with van der Waals surface area (Å²) in [5.74, 6) is -2.37. The predicted molar refractivity (Wildman–Crippen MR) is 132 cm³/mol. The molecule has 4 saturated heterocycles. The van der Waals surface area contributed by atoms with Crippen molar-refractivity contribution in [3.05, 3.63) is 12.3 Å². The van der Waals surface area contributed by atoms with Crippen LogP contribution in [0.1, 0.15) is 69.2 Å². The summed E-state index contributed by atoms with van der Waals surface area (Å²) in [6, 6.07) is 0. The number of esters is 1. The van der Waals surface area contributed by atoms with Crippen molar-refractivity contribution in [1.82, 2.24) is 0 Å². The maximum atomic E-state index is 13.7. The molecule has 37 heavy (non-hydrogen) atoms. The first kappa shape index (κ1) is 27.5. The van der Waals surface area contributed by atoms with E-state index in [9.17, 15) is 4.79 Å². The number of carbonyl (C=O) groups is 1. The van der Waals surface area contributed by atoms with Gasteiger partial charge < -0.3 is 42.0 Å². The minimum atomic E-state index is -2.82. The van der Waals surface area contributed by atoms with Gasteiger partial charge in [0.2, 0.25) is 0 Å². The average molecular weight is 543 g/mol. The van der Waals surface area contributed by atoms with Crippen LogP contribution in [0, 0.1) is 0 Å². The summed E-state index contributed by atoms with van der Waals surface area (Å²) in [4.78, 5) is 13.7. The van der Waals surface area contributed by atoms with Gasteiger partial charge in [0.05, 0.1) is 12.9 Å². The Morgan fingerprint density at radius 2 is 1.46 bits per heavy atom. The molecule has 4 fully saturated rings. The number of hydrogen-bond acceptors (Lipinski definition) is 10. The van der Waals surface area contributed by atoms with Crippen LogP contribution in [0.15, 0.2) is 12.3 Å². The lowest BCUT2D eigenvalue weighted by atomic mass is 9.99. The summed E-state index contributed by atoms with van der Waals surface area (Å²) in [6.45, 7) is 20.4. The Kier molecular flexibility index (Phi) is 6.49. The minimum Gasteiger partial charge on any atom is -0.493 e. The molecule has 0 aromatic carbocycles. The molecule has 0 radical (unpaired) electrons. The standard InChI is InChI=1S/C26H42O10Si/c1-23(2,3)37(24(4,5)6)29-13-15-16(36-37)14(11-12-28-15)30-21(27)19-17-18(33-25(7,8)32-17)20-22(31-19)35-26(9,10)34-20/h11-12,14-20,22H,13H2,1-10H3/t14-,15-,16+,17-,18+,19+,20-,22-/m1/s1. The Labute approximate surface area is 220 Å². The highest BCUT2D eigenvalue weighted by Gasteiger charge is 2.65. The van der Waals surface area contributed by atoms with Gasteiger partial charge in [0.15, 0.2) is 30.1 Å². The molecular formula is C26H42O10Si. The van der Waals surface area contributed by atoms with Crippen molar-refractivity contribution < 1.29 is 46.8 Å². The van der Waals surface area contributed by atoms with E-state index in [1.54, 1.807) is 40.0 Å². The van der Waals surface area contributed by atoms with Crippen molar-refractivity contribution in [2.24, 2.45) is 0 Å². The van der Waals surface area contributed by atoms with Gasteiger partial charge in [0, 0.05) is 10.1 Å². The molecule has 5 aliphatic heterocycles. The molecule has 0 aliphatic carbocycles. The van der Waals surface area contributed by atoms with Crippen LogP contribution in [-0.4, -0.2) is 81.7 Å². The molecule has 11 heteroatoms. The van der Waals surface area contributed by atoms with Gasteiger partial charge in [-0.3, -0.25) is 0 Å². The van der Waals surface area contributed by atoms with Crippen LogP contribution in [0.25, 0.3) is 0 Å². The van der Waals surface area contributed by atoms with E-state index in [2.05, 4.69) is 41.5 Å². The molecule has 0 aromatic rings. The van der Waals surface area contributed by atoms with Gasteiger partial charge in [0.1, 0.15) is 30.5 Å². The average Bonchev–Trinajstić information content (AvgIpc) is 3.25. The SMILES string of the molecule is CC1(C)O[C@H]2[C@@H](O1)[C@@H](C(=O)O[C@@H]1C=CO[C@@H]3CO[Si](C(C)(C)C)(C(C)(C)C)O[C@@H]13)O[C@@H]1OC(C)(C)O[C@@H]12. The molecule has 10 nitrogen and oxygen atoms in total. The number of rotatable bonds is 2. The summed E-state index contributed by atoms with van der Waals surface area (Å²) in [6.07, 6.45) is -1.96. The van der Waals surface area contributed by atoms with E-state index in [4.69, 9.17) is 42.0 Å². The van der Waals surface area contributed by atoms with Crippen LogP contribution >= 0.6 is 0 Å². The lowest BCUT2D eigenvalue weighted by molar-refractivity contribution is -0.243. The Morgan fingerprint density at radius 1 is 0.865 bits per heavy atom. The van der Waals surface area contributed by atoms with Crippen molar-refractivity contribution in [3.63, 3.8) is 0 Å². The monoisotopic (exact) mass is 542 g/mol. The first-order chi connectivity index (χ1) is 16.9. The van der Waals surface area contributed by atoms with E-state index in [0.29, 0.717) is 6.61 Å². The maximum absolute atomic E-state index is 13.7. The number of hydrogen-bond donors (Lipinski definition) is 0. The van der Waals surface area contributed by atoms with Crippen LogP contribution < -0.4 is 0 Å². The summed E-state index contributed by atoms with van der Waals surface area (Å²) in [5, 5.41) is -0.457.